The summed E-state index contributed by atoms with van der Waals surface area (Å²) in [6, 6.07) is 1.17. The van der Waals surface area contributed by atoms with E-state index in [0.717, 1.165) is 17.0 Å². The molecule has 3 heterocycles. The number of aryl methyl sites for hydroxylation is 1. The van der Waals surface area contributed by atoms with Crippen LogP contribution < -0.4 is 0 Å². The molecule has 0 unspecified atom stereocenters. The second-order valence-corrected chi connectivity index (χ2v) is 9.00. The standard InChI is InChI=1S/C15H18N4O5S2/c1-10-12(8-16-17(10)2)14(20)18-3-5-19(6-4-18)26(23,24)13-7-11(9-25-13)15(21)22/h7-9H,3-6H2,1-2H3,(H,21,22). The number of thiophene rings is 1. The predicted molar refractivity (Wildman–Crippen MR) is 93.9 cm³/mol. The van der Waals surface area contributed by atoms with Crippen molar-refractivity contribution < 1.29 is 23.1 Å². The Morgan fingerprint density at radius 2 is 1.88 bits per heavy atom. The predicted octanol–water partition coefficient (Wildman–Crippen LogP) is 0.635. The van der Waals surface area contributed by atoms with E-state index in [0.29, 0.717) is 5.56 Å². The molecule has 0 spiro atoms. The Morgan fingerprint density at radius 1 is 1.23 bits per heavy atom. The van der Waals surface area contributed by atoms with Gasteiger partial charge in [-0.05, 0) is 13.0 Å². The topological polar surface area (TPSA) is 113 Å². The molecule has 11 heteroatoms. The van der Waals surface area contributed by atoms with E-state index in [1.807, 2.05) is 0 Å². The number of amides is 1. The third-order valence-corrected chi connectivity index (χ3v) is 7.72. The second-order valence-electron chi connectivity index (χ2n) is 5.92. The summed E-state index contributed by atoms with van der Waals surface area (Å²) < 4.78 is 28.2. The van der Waals surface area contributed by atoms with Gasteiger partial charge in [-0.2, -0.15) is 9.40 Å². The quantitative estimate of drug-likeness (QED) is 0.808. The molecule has 0 aromatic carbocycles. The summed E-state index contributed by atoms with van der Waals surface area (Å²) in [4.78, 5) is 25.1. The fraction of sp³-hybridized carbons (Fsp3) is 0.400. The van der Waals surface area contributed by atoms with Crippen molar-refractivity contribution in [2.45, 2.75) is 11.1 Å². The first-order valence-corrected chi connectivity index (χ1v) is 10.1. The second kappa shape index (κ2) is 6.82. The molecule has 1 aliphatic heterocycles. The van der Waals surface area contributed by atoms with Crippen molar-refractivity contribution in [3.63, 3.8) is 0 Å². The Hall–Kier alpha value is -2.24. The van der Waals surface area contributed by atoms with Crippen molar-refractivity contribution in [2.24, 2.45) is 7.05 Å². The van der Waals surface area contributed by atoms with Crippen LogP contribution in [0.4, 0.5) is 0 Å². The molecule has 1 fully saturated rings. The zero-order valence-electron chi connectivity index (χ0n) is 14.2. The summed E-state index contributed by atoms with van der Waals surface area (Å²) in [5.74, 6) is -1.33. The molecular formula is C15H18N4O5S2. The SMILES string of the molecule is Cc1c(C(=O)N2CCN(S(=O)(=O)c3cc(C(=O)O)cs3)CC2)cnn1C. The summed E-state index contributed by atoms with van der Waals surface area (Å²) in [7, 11) is -2.01. The normalized spacial score (nSPS) is 16.0. The zero-order chi connectivity index (χ0) is 19.1. The highest BCUT2D eigenvalue weighted by atomic mass is 32.2. The van der Waals surface area contributed by atoms with Crippen molar-refractivity contribution in [1.29, 1.82) is 0 Å². The number of aromatic carboxylic acids is 1. The lowest BCUT2D eigenvalue weighted by Crippen LogP contribution is -2.50. The van der Waals surface area contributed by atoms with E-state index in [2.05, 4.69) is 5.10 Å². The minimum atomic E-state index is -3.76. The number of carboxylic acid groups (broad SMARTS) is 1. The van der Waals surface area contributed by atoms with Gasteiger partial charge in [-0.15, -0.1) is 11.3 Å². The van der Waals surface area contributed by atoms with Gasteiger partial charge >= 0.3 is 5.97 Å². The number of sulfonamides is 1. The first-order chi connectivity index (χ1) is 12.2. The molecule has 0 aliphatic carbocycles. The molecule has 0 bridgehead atoms. The minimum Gasteiger partial charge on any atom is -0.478 e. The molecule has 3 rings (SSSR count). The van der Waals surface area contributed by atoms with Gasteiger partial charge in [0.2, 0.25) is 0 Å². The number of carboxylic acids is 1. The average molecular weight is 398 g/mol. The maximum Gasteiger partial charge on any atom is 0.336 e. The molecule has 1 amide bonds. The first kappa shape index (κ1) is 18.5. The number of nitrogens with zero attached hydrogens (tertiary/aromatic N) is 4. The van der Waals surface area contributed by atoms with E-state index in [-0.39, 0.29) is 41.9 Å². The molecular weight excluding hydrogens is 380 g/mol. The van der Waals surface area contributed by atoms with Gasteiger partial charge in [0.05, 0.1) is 17.3 Å². The van der Waals surface area contributed by atoms with Gasteiger partial charge in [0, 0.05) is 44.3 Å². The van der Waals surface area contributed by atoms with Crippen molar-refractivity contribution in [3.05, 3.63) is 34.5 Å². The van der Waals surface area contributed by atoms with Crippen LogP contribution in [0.2, 0.25) is 0 Å². The third-order valence-electron chi connectivity index (χ3n) is 4.41. The van der Waals surface area contributed by atoms with Gasteiger partial charge in [0.25, 0.3) is 15.9 Å². The minimum absolute atomic E-state index is 0.00206. The van der Waals surface area contributed by atoms with Gasteiger partial charge in [-0.3, -0.25) is 9.48 Å². The van der Waals surface area contributed by atoms with Crippen molar-refractivity contribution in [2.75, 3.05) is 26.2 Å². The molecule has 0 radical (unpaired) electrons. The molecule has 1 N–H and O–H groups in total. The molecule has 2 aromatic rings. The van der Waals surface area contributed by atoms with E-state index in [9.17, 15) is 18.0 Å². The van der Waals surface area contributed by atoms with Gasteiger partial charge < -0.3 is 10.0 Å². The van der Waals surface area contributed by atoms with Crippen LogP contribution in [0.1, 0.15) is 26.4 Å². The van der Waals surface area contributed by atoms with E-state index >= 15 is 0 Å². The molecule has 1 aliphatic rings. The number of carbonyl (C=O) groups excluding carboxylic acids is 1. The Labute approximate surface area is 154 Å². The zero-order valence-corrected chi connectivity index (χ0v) is 15.9. The number of hydrogen-bond donors (Lipinski definition) is 1. The van der Waals surface area contributed by atoms with E-state index in [1.165, 1.54) is 21.9 Å². The molecule has 9 nitrogen and oxygen atoms in total. The van der Waals surface area contributed by atoms with Crippen LogP contribution in [-0.2, 0) is 17.1 Å². The number of carbonyl (C=O) groups is 2. The number of rotatable bonds is 4. The van der Waals surface area contributed by atoms with Gasteiger partial charge in [0.1, 0.15) is 4.21 Å². The summed E-state index contributed by atoms with van der Waals surface area (Å²) in [6.07, 6.45) is 1.51. The molecule has 1 saturated heterocycles. The van der Waals surface area contributed by atoms with E-state index in [4.69, 9.17) is 5.11 Å². The largest absolute Gasteiger partial charge is 0.478 e. The maximum absolute atomic E-state index is 12.7. The van der Waals surface area contributed by atoms with Crippen LogP contribution in [0.3, 0.4) is 0 Å². The van der Waals surface area contributed by atoms with E-state index < -0.39 is 16.0 Å². The van der Waals surface area contributed by atoms with Crippen molar-refractivity contribution in [3.8, 4) is 0 Å². The summed E-state index contributed by atoms with van der Waals surface area (Å²) in [5, 5.41) is 14.3. The lowest BCUT2D eigenvalue weighted by molar-refractivity contribution is 0.0688. The van der Waals surface area contributed by atoms with Gasteiger partial charge in [-0.25, -0.2) is 13.2 Å². The summed E-state index contributed by atoms with van der Waals surface area (Å²) in [6.45, 7) is 2.66. The summed E-state index contributed by atoms with van der Waals surface area (Å²) in [5.41, 5.74) is 1.22. The van der Waals surface area contributed by atoms with Crippen molar-refractivity contribution >= 4 is 33.2 Å². The third kappa shape index (κ3) is 3.24. The van der Waals surface area contributed by atoms with Crippen LogP contribution >= 0.6 is 11.3 Å². The fourth-order valence-electron chi connectivity index (χ4n) is 2.70. The summed E-state index contributed by atoms with van der Waals surface area (Å²) >= 11 is 0.885. The van der Waals surface area contributed by atoms with Gasteiger partial charge in [0.15, 0.2) is 0 Å². The molecule has 26 heavy (non-hydrogen) atoms. The lowest BCUT2D eigenvalue weighted by atomic mass is 10.2. The number of piperazine rings is 1. The van der Waals surface area contributed by atoms with Crippen LogP contribution in [-0.4, -0.2) is 70.6 Å². The highest BCUT2D eigenvalue weighted by Crippen LogP contribution is 2.25. The maximum atomic E-state index is 12.7. The molecule has 0 saturated carbocycles. The fourth-order valence-corrected chi connectivity index (χ4v) is 5.43. The monoisotopic (exact) mass is 398 g/mol. The van der Waals surface area contributed by atoms with Crippen LogP contribution in [0.5, 0.6) is 0 Å². The van der Waals surface area contributed by atoms with Gasteiger partial charge in [-0.1, -0.05) is 0 Å². The van der Waals surface area contributed by atoms with Crippen LogP contribution in [0.15, 0.2) is 21.9 Å². The Kier molecular flexibility index (Phi) is 4.86. The van der Waals surface area contributed by atoms with E-state index in [1.54, 1.807) is 23.6 Å². The molecule has 2 aromatic heterocycles. The molecule has 0 atom stereocenters. The number of hydrogen-bond acceptors (Lipinski definition) is 6. The highest BCUT2D eigenvalue weighted by Gasteiger charge is 2.32. The average Bonchev–Trinajstić information content (AvgIpc) is 3.23. The smallest absolute Gasteiger partial charge is 0.336 e. The Morgan fingerprint density at radius 3 is 2.38 bits per heavy atom. The lowest BCUT2D eigenvalue weighted by Gasteiger charge is -2.33. The van der Waals surface area contributed by atoms with Crippen LogP contribution in [0, 0.1) is 6.92 Å². The molecule has 140 valence electrons. The first-order valence-electron chi connectivity index (χ1n) is 7.81. The Bertz CT molecular complexity index is 955. The highest BCUT2D eigenvalue weighted by molar-refractivity contribution is 7.91. The Balaban J connectivity index is 1.70. The van der Waals surface area contributed by atoms with Crippen LogP contribution in [0.25, 0.3) is 0 Å². The number of aromatic nitrogens is 2. The van der Waals surface area contributed by atoms with Crippen molar-refractivity contribution in [1.82, 2.24) is 19.0 Å².